The van der Waals surface area contributed by atoms with Crippen LogP contribution >= 0.6 is 0 Å². The lowest BCUT2D eigenvalue weighted by Gasteiger charge is -2.09. The summed E-state index contributed by atoms with van der Waals surface area (Å²) in [6.45, 7) is 0.781. The van der Waals surface area contributed by atoms with Crippen LogP contribution in [0.1, 0.15) is 5.56 Å². The van der Waals surface area contributed by atoms with Crippen LogP contribution in [0.5, 0.6) is 5.75 Å². The normalized spacial score (nSPS) is 10.8. The first-order valence-electron chi connectivity index (χ1n) is 9.20. The van der Waals surface area contributed by atoms with Crippen LogP contribution in [0.25, 0.3) is 22.0 Å². The van der Waals surface area contributed by atoms with Gasteiger partial charge in [-0.25, -0.2) is 9.97 Å². The maximum Gasteiger partial charge on any atom is 0.137 e. The number of anilines is 2. The van der Waals surface area contributed by atoms with Gasteiger partial charge in [0.1, 0.15) is 17.9 Å². The third kappa shape index (κ3) is 3.88. The highest BCUT2D eigenvalue weighted by Gasteiger charge is 2.04. The molecule has 0 aliphatic rings. The summed E-state index contributed by atoms with van der Waals surface area (Å²) in [6.07, 6.45) is 2.47. The molecule has 3 aromatic carbocycles. The Bertz CT molecular complexity index is 1080. The number of methoxy groups -OCH3 is 1. The first kappa shape index (κ1) is 17.8. The minimum absolute atomic E-state index is 0.708. The van der Waals surface area contributed by atoms with Crippen molar-refractivity contribution in [1.82, 2.24) is 9.97 Å². The van der Waals surface area contributed by atoms with E-state index >= 15 is 0 Å². The standard InChI is InChI=1S/C23H22N4O/c1-28-20-9-6-18(7-10-20)17-4-2-16(3-5-17)12-13-25-23-21-14-19(24)8-11-22(21)26-15-27-23/h2-11,14-15H,12-13,24H2,1H3,(H,25,26,27). The average Bonchev–Trinajstić information content (AvgIpc) is 2.74. The Morgan fingerprint density at radius 3 is 2.32 bits per heavy atom. The molecule has 5 nitrogen and oxygen atoms in total. The van der Waals surface area contributed by atoms with Gasteiger partial charge in [-0.1, -0.05) is 36.4 Å². The molecule has 1 aromatic heterocycles. The van der Waals surface area contributed by atoms with Crippen molar-refractivity contribution in [2.45, 2.75) is 6.42 Å². The first-order chi connectivity index (χ1) is 13.7. The Hall–Kier alpha value is -3.60. The number of hydrogen-bond acceptors (Lipinski definition) is 5. The van der Waals surface area contributed by atoms with Crippen molar-refractivity contribution in [3.8, 4) is 16.9 Å². The highest BCUT2D eigenvalue weighted by molar-refractivity contribution is 5.91. The molecule has 140 valence electrons. The summed E-state index contributed by atoms with van der Waals surface area (Å²) in [5.41, 5.74) is 11.1. The predicted octanol–water partition coefficient (Wildman–Crippen LogP) is 4.54. The molecule has 1 heterocycles. The van der Waals surface area contributed by atoms with Crippen molar-refractivity contribution < 1.29 is 4.74 Å². The Morgan fingerprint density at radius 2 is 1.61 bits per heavy atom. The number of hydrogen-bond donors (Lipinski definition) is 2. The van der Waals surface area contributed by atoms with Gasteiger partial charge in [0.05, 0.1) is 12.6 Å². The van der Waals surface area contributed by atoms with E-state index in [4.69, 9.17) is 10.5 Å². The van der Waals surface area contributed by atoms with Crippen LogP contribution in [-0.2, 0) is 6.42 Å². The monoisotopic (exact) mass is 370 g/mol. The van der Waals surface area contributed by atoms with Crippen LogP contribution in [0, 0.1) is 0 Å². The lowest BCUT2D eigenvalue weighted by molar-refractivity contribution is 0.415. The van der Waals surface area contributed by atoms with Crippen LogP contribution in [0.2, 0.25) is 0 Å². The molecule has 0 fully saturated rings. The van der Waals surface area contributed by atoms with E-state index in [9.17, 15) is 0 Å². The number of benzene rings is 3. The third-order valence-corrected chi connectivity index (χ3v) is 4.74. The van der Waals surface area contributed by atoms with Gasteiger partial charge in [-0.3, -0.25) is 0 Å². The van der Waals surface area contributed by atoms with Crippen LogP contribution in [0.15, 0.2) is 73.1 Å². The third-order valence-electron chi connectivity index (χ3n) is 4.74. The van der Waals surface area contributed by atoms with Crippen LogP contribution < -0.4 is 15.8 Å². The largest absolute Gasteiger partial charge is 0.497 e. The molecule has 0 spiro atoms. The average molecular weight is 370 g/mol. The topological polar surface area (TPSA) is 73.1 Å². The first-order valence-corrected chi connectivity index (χ1v) is 9.20. The molecule has 3 N–H and O–H groups in total. The summed E-state index contributed by atoms with van der Waals surface area (Å²) >= 11 is 0. The second-order valence-electron chi connectivity index (χ2n) is 6.60. The summed E-state index contributed by atoms with van der Waals surface area (Å²) in [7, 11) is 1.68. The lowest BCUT2D eigenvalue weighted by atomic mass is 10.0. The van der Waals surface area contributed by atoms with Crippen molar-refractivity contribution >= 4 is 22.4 Å². The van der Waals surface area contributed by atoms with E-state index in [0.29, 0.717) is 5.69 Å². The molecule has 0 saturated carbocycles. The van der Waals surface area contributed by atoms with Gasteiger partial charge in [0, 0.05) is 17.6 Å². The number of aromatic nitrogens is 2. The van der Waals surface area contributed by atoms with Gasteiger partial charge >= 0.3 is 0 Å². The van der Waals surface area contributed by atoms with Gasteiger partial charge in [-0.05, 0) is 53.4 Å². The maximum absolute atomic E-state index is 5.90. The zero-order chi connectivity index (χ0) is 19.3. The van der Waals surface area contributed by atoms with E-state index in [0.717, 1.165) is 35.4 Å². The van der Waals surface area contributed by atoms with Gasteiger partial charge in [-0.15, -0.1) is 0 Å². The van der Waals surface area contributed by atoms with Gasteiger partial charge in [0.2, 0.25) is 0 Å². The number of nitrogens with one attached hydrogen (secondary N) is 1. The molecule has 0 unspecified atom stereocenters. The zero-order valence-corrected chi connectivity index (χ0v) is 15.7. The van der Waals surface area contributed by atoms with Crippen molar-refractivity contribution in [3.05, 3.63) is 78.6 Å². The summed E-state index contributed by atoms with van der Waals surface area (Å²) in [6, 6.07) is 22.4. The number of ether oxygens (including phenoxy) is 1. The fourth-order valence-electron chi connectivity index (χ4n) is 3.19. The lowest BCUT2D eigenvalue weighted by Crippen LogP contribution is -2.07. The fourth-order valence-corrected chi connectivity index (χ4v) is 3.19. The van der Waals surface area contributed by atoms with E-state index in [2.05, 4.69) is 51.7 Å². The molecule has 0 bridgehead atoms. The van der Waals surface area contributed by atoms with E-state index in [1.165, 1.54) is 16.7 Å². The molecule has 0 radical (unpaired) electrons. The number of nitrogens with two attached hydrogens (primary N) is 1. The quantitative estimate of drug-likeness (QED) is 0.487. The maximum atomic E-state index is 5.90. The minimum Gasteiger partial charge on any atom is -0.497 e. The highest BCUT2D eigenvalue weighted by Crippen LogP contribution is 2.24. The Balaban J connectivity index is 1.41. The van der Waals surface area contributed by atoms with Crippen molar-refractivity contribution in [3.63, 3.8) is 0 Å². The molecule has 28 heavy (non-hydrogen) atoms. The molecule has 4 rings (SSSR count). The second-order valence-corrected chi connectivity index (χ2v) is 6.60. The molecule has 0 saturated heterocycles. The molecule has 0 atom stereocenters. The fraction of sp³-hybridized carbons (Fsp3) is 0.130. The van der Waals surface area contributed by atoms with Crippen molar-refractivity contribution in [2.75, 3.05) is 24.7 Å². The highest BCUT2D eigenvalue weighted by atomic mass is 16.5. The molecule has 5 heteroatoms. The number of nitrogens with zero attached hydrogens (tertiary/aromatic N) is 2. The summed E-state index contributed by atoms with van der Waals surface area (Å²) in [4.78, 5) is 8.64. The summed E-state index contributed by atoms with van der Waals surface area (Å²) in [5, 5.41) is 4.34. The Labute approximate surface area is 164 Å². The molecule has 0 aliphatic heterocycles. The Kier molecular flexibility index (Phi) is 5.06. The van der Waals surface area contributed by atoms with E-state index < -0.39 is 0 Å². The predicted molar refractivity (Wildman–Crippen MR) is 115 cm³/mol. The molecule has 0 amide bonds. The van der Waals surface area contributed by atoms with E-state index in [1.54, 1.807) is 13.4 Å². The summed E-state index contributed by atoms with van der Waals surface area (Å²) in [5.74, 6) is 1.68. The molecular weight excluding hydrogens is 348 g/mol. The SMILES string of the molecule is COc1ccc(-c2ccc(CCNc3ncnc4ccc(N)cc34)cc2)cc1. The van der Waals surface area contributed by atoms with Crippen LogP contribution in [0.3, 0.4) is 0 Å². The van der Waals surface area contributed by atoms with Gasteiger partial charge in [0.15, 0.2) is 0 Å². The summed E-state index contributed by atoms with van der Waals surface area (Å²) < 4.78 is 5.22. The zero-order valence-electron chi connectivity index (χ0n) is 15.7. The van der Waals surface area contributed by atoms with Crippen LogP contribution in [0.4, 0.5) is 11.5 Å². The van der Waals surface area contributed by atoms with Crippen LogP contribution in [-0.4, -0.2) is 23.6 Å². The second kappa shape index (κ2) is 7.96. The van der Waals surface area contributed by atoms with Crippen molar-refractivity contribution in [1.29, 1.82) is 0 Å². The van der Waals surface area contributed by atoms with Gasteiger partial charge < -0.3 is 15.8 Å². The van der Waals surface area contributed by atoms with Gasteiger partial charge in [-0.2, -0.15) is 0 Å². The van der Waals surface area contributed by atoms with E-state index in [1.807, 2.05) is 30.3 Å². The van der Waals surface area contributed by atoms with Crippen molar-refractivity contribution in [2.24, 2.45) is 0 Å². The molecule has 4 aromatic rings. The molecule has 0 aliphatic carbocycles. The number of nitrogen functional groups attached to an aromatic ring is 1. The van der Waals surface area contributed by atoms with Gasteiger partial charge in [0.25, 0.3) is 0 Å². The Morgan fingerprint density at radius 1 is 0.893 bits per heavy atom. The molecular formula is C23H22N4O. The number of fused-ring (bicyclic) bond motifs is 1. The number of rotatable bonds is 6. The minimum atomic E-state index is 0.708. The smallest absolute Gasteiger partial charge is 0.137 e. The van der Waals surface area contributed by atoms with E-state index in [-0.39, 0.29) is 0 Å².